The number of aromatic amines is 1. The third-order valence-electron chi connectivity index (χ3n) is 7.34. The molecule has 2 atom stereocenters. The summed E-state index contributed by atoms with van der Waals surface area (Å²) < 4.78 is 87.3. The number of amides is 2. The molecule has 1 fully saturated rings. The summed E-state index contributed by atoms with van der Waals surface area (Å²) in [6.45, 7) is 4.25. The maximum absolute atomic E-state index is 16.3. The van der Waals surface area contributed by atoms with Crippen LogP contribution in [0.1, 0.15) is 40.1 Å². The summed E-state index contributed by atoms with van der Waals surface area (Å²) >= 11 is 0. The largest absolute Gasteiger partial charge is 0.417 e. The van der Waals surface area contributed by atoms with E-state index in [0.717, 1.165) is 24.3 Å². The van der Waals surface area contributed by atoms with Gasteiger partial charge in [-0.15, -0.1) is 0 Å². The third kappa shape index (κ3) is 5.84. The van der Waals surface area contributed by atoms with Gasteiger partial charge in [-0.3, -0.25) is 19.3 Å². The summed E-state index contributed by atoms with van der Waals surface area (Å²) in [6, 6.07) is 3.70. The molecule has 0 spiro atoms. The molecule has 4 rings (SSSR count). The number of piperazine rings is 1. The van der Waals surface area contributed by atoms with Crippen LogP contribution < -0.4 is 21.1 Å². The van der Waals surface area contributed by atoms with E-state index in [-0.39, 0.29) is 42.5 Å². The molecular formula is C28H27F6N5O3. The number of aromatic nitrogens is 1. The van der Waals surface area contributed by atoms with E-state index in [2.05, 4.69) is 10.6 Å². The van der Waals surface area contributed by atoms with Crippen LogP contribution in [0.3, 0.4) is 0 Å². The van der Waals surface area contributed by atoms with Gasteiger partial charge in [-0.2, -0.15) is 13.2 Å². The zero-order valence-corrected chi connectivity index (χ0v) is 22.9. The fourth-order valence-corrected chi connectivity index (χ4v) is 4.90. The zero-order valence-electron chi connectivity index (χ0n) is 22.9. The van der Waals surface area contributed by atoms with Crippen molar-refractivity contribution in [3.63, 3.8) is 0 Å². The number of H-pyrrole nitrogens is 1. The van der Waals surface area contributed by atoms with E-state index in [0.29, 0.717) is 6.20 Å². The number of rotatable bonds is 5. The number of likely N-dealkylation sites (N-methyl/N-ethyl adjacent to an activating group) is 1. The maximum Gasteiger partial charge on any atom is 0.417 e. The van der Waals surface area contributed by atoms with Gasteiger partial charge in [0.25, 0.3) is 11.8 Å². The third-order valence-corrected chi connectivity index (χ3v) is 7.34. The molecule has 1 saturated heterocycles. The Morgan fingerprint density at radius 1 is 0.952 bits per heavy atom. The molecule has 1 aliphatic heterocycles. The Hall–Kier alpha value is -4.33. The highest BCUT2D eigenvalue weighted by molar-refractivity contribution is 6.07. The molecular weight excluding hydrogens is 568 g/mol. The van der Waals surface area contributed by atoms with E-state index in [1.54, 1.807) is 4.90 Å². The van der Waals surface area contributed by atoms with Gasteiger partial charge in [-0.25, -0.2) is 13.2 Å². The number of carbonyl (C=O) groups is 2. The Bertz CT molecular complexity index is 1590. The highest BCUT2D eigenvalue weighted by Gasteiger charge is 2.37. The first-order valence-electron chi connectivity index (χ1n) is 12.8. The number of nitrogens with zero attached hydrogens (tertiary/aromatic N) is 2. The fourth-order valence-electron chi connectivity index (χ4n) is 4.90. The summed E-state index contributed by atoms with van der Waals surface area (Å²) in [5.41, 5.74) is -5.94. The number of nitrogens with one attached hydrogen (secondary N) is 3. The lowest BCUT2D eigenvalue weighted by Gasteiger charge is -2.44. The highest BCUT2D eigenvalue weighted by atomic mass is 19.4. The number of pyridine rings is 1. The average molecular weight is 596 g/mol. The van der Waals surface area contributed by atoms with Crippen LogP contribution in [-0.2, 0) is 6.18 Å². The minimum atomic E-state index is -5.09. The van der Waals surface area contributed by atoms with Crippen molar-refractivity contribution >= 4 is 23.2 Å². The number of alkyl halides is 3. The Morgan fingerprint density at radius 2 is 1.60 bits per heavy atom. The molecule has 1 aromatic heterocycles. The monoisotopic (exact) mass is 595 g/mol. The first-order chi connectivity index (χ1) is 19.6. The van der Waals surface area contributed by atoms with Crippen molar-refractivity contribution in [1.29, 1.82) is 0 Å². The van der Waals surface area contributed by atoms with E-state index in [9.17, 15) is 31.9 Å². The zero-order chi connectivity index (χ0) is 31.1. The fraction of sp³-hybridized carbons (Fsp3) is 0.321. The molecule has 3 N–H and O–H groups in total. The van der Waals surface area contributed by atoms with Crippen molar-refractivity contribution in [2.24, 2.45) is 0 Å². The van der Waals surface area contributed by atoms with Crippen LogP contribution in [0, 0.1) is 17.5 Å². The second-order valence-corrected chi connectivity index (χ2v) is 10.1. The molecule has 3 aromatic rings. The topological polar surface area (TPSA) is 97.5 Å². The predicted molar refractivity (Wildman–Crippen MR) is 144 cm³/mol. The molecule has 2 heterocycles. The minimum absolute atomic E-state index is 0.105. The second kappa shape index (κ2) is 11.5. The Kier molecular flexibility index (Phi) is 8.39. The highest BCUT2D eigenvalue weighted by Crippen LogP contribution is 2.40. The van der Waals surface area contributed by atoms with E-state index in [1.807, 2.05) is 30.8 Å². The minimum Gasteiger partial charge on any atom is -0.367 e. The molecule has 8 nitrogen and oxygen atoms in total. The van der Waals surface area contributed by atoms with Gasteiger partial charge >= 0.3 is 6.18 Å². The van der Waals surface area contributed by atoms with Gasteiger partial charge < -0.3 is 20.5 Å². The van der Waals surface area contributed by atoms with E-state index in [1.165, 1.54) is 7.05 Å². The summed E-state index contributed by atoms with van der Waals surface area (Å²) in [7, 11) is 3.11. The van der Waals surface area contributed by atoms with Gasteiger partial charge in [0.05, 0.1) is 27.9 Å². The van der Waals surface area contributed by atoms with Gasteiger partial charge in [-0.05, 0) is 38.6 Å². The predicted octanol–water partition coefficient (Wildman–Crippen LogP) is 4.62. The van der Waals surface area contributed by atoms with Gasteiger partial charge in [0.1, 0.15) is 17.3 Å². The van der Waals surface area contributed by atoms with Crippen molar-refractivity contribution in [3.8, 4) is 11.1 Å². The molecule has 0 saturated carbocycles. The van der Waals surface area contributed by atoms with Crippen molar-refractivity contribution in [2.75, 3.05) is 37.4 Å². The smallest absolute Gasteiger partial charge is 0.367 e. The lowest BCUT2D eigenvalue weighted by Crippen LogP contribution is -2.55. The van der Waals surface area contributed by atoms with Crippen molar-refractivity contribution in [2.45, 2.75) is 32.1 Å². The van der Waals surface area contributed by atoms with Crippen molar-refractivity contribution in [1.82, 2.24) is 15.2 Å². The van der Waals surface area contributed by atoms with Gasteiger partial charge in [0, 0.05) is 50.6 Å². The Balaban J connectivity index is 1.91. The molecule has 42 heavy (non-hydrogen) atoms. The van der Waals surface area contributed by atoms with Crippen LogP contribution in [-0.4, -0.2) is 61.0 Å². The maximum atomic E-state index is 16.3. The molecule has 2 unspecified atom stereocenters. The lowest BCUT2D eigenvalue weighted by atomic mass is 9.98. The molecule has 224 valence electrons. The molecule has 0 radical (unpaired) electrons. The molecule has 2 aromatic carbocycles. The Labute approximate surface area is 236 Å². The normalized spacial score (nSPS) is 17.7. The number of halogens is 6. The summed E-state index contributed by atoms with van der Waals surface area (Å²) in [5, 5.41) is 4.37. The van der Waals surface area contributed by atoms with E-state index in [4.69, 9.17) is 0 Å². The summed E-state index contributed by atoms with van der Waals surface area (Å²) in [4.78, 5) is 42.5. The van der Waals surface area contributed by atoms with Gasteiger partial charge in [-0.1, -0.05) is 6.07 Å². The van der Waals surface area contributed by atoms with Gasteiger partial charge in [0.15, 0.2) is 5.82 Å². The van der Waals surface area contributed by atoms with Crippen LogP contribution in [0.15, 0.2) is 41.3 Å². The average Bonchev–Trinajstić information content (AvgIpc) is 2.92. The second-order valence-electron chi connectivity index (χ2n) is 10.1. The number of hydrogen-bond acceptors (Lipinski definition) is 5. The number of benzene rings is 2. The van der Waals surface area contributed by atoms with Crippen LogP contribution in [0.4, 0.5) is 37.7 Å². The molecule has 0 bridgehead atoms. The summed E-state index contributed by atoms with van der Waals surface area (Å²) in [5.74, 6) is -5.71. The molecule has 0 aliphatic carbocycles. The number of carbonyl (C=O) groups excluding carboxylic acids is 2. The van der Waals surface area contributed by atoms with Crippen molar-refractivity contribution in [3.05, 3.63) is 81.0 Å². The SMILES string of the molecule is CNC(=O)c1cc(-c2c(F)cc(N3CC(C)N(C)C(C)C3)c(NC(=O)c3c[nH]c(=O)cc3C(F)(F)F)c2F)ccc1F. The molecule has 2 amide bonds. The van der Waals surface area contributed by atoms with Crippen LogP contribution in [0.25, 0.3) is 11.1 Å². The first kappa shape index (κ1) is 30.6. The van der Waals surface area contributed by atoms with Crippen LogP contribution in [0.2, 0.25) is 0 Å². The van der Waals surface area contributed by atoms with Crippen LogP contribution in [0.5, 0.6) is 0 Å². The quantitative estimate of drug-likeness (QED) is 0.374. The number of anilines is 2. The van der Waals surface area contributed by atoms with E-state index >= 15 is 8.78 Å². The van der Waals surface area contributed by atoms with E-state index < -0.39 is 68.9 Å². The number of hydrogen-bond donors (Lipinski definition) is 3. The lowest BCUT2D eigenvalue weighted by molar-refractivity contribution is -0.138. The Morgan fingerprint density at radius 3 is 2.19 bits per heavy atom. The first-order valence-corrected chi connectivity index (χ1v) is 12.8. The standard InChI is InChI=1S/C28H27F6N5O3/c1-13-11-39(12-14(2)38(13)4)21-9-20(30)23(15-5-6-19(29)16(7-15)26(41)35-3)24(31)25(21)37-27(42)17-10-36-22(40)8-18(17)28(32,33)34/h5-10,13-14H,11-12H2,1-4H3,(H,35,41)(H,36,40)(H,37,42). The molecule has 14 heteroatoms. The van der Waals surface area contributed by atoms with Gasteiger partial charge in [0.2, 0.25) is 5.56 Å². The summed E-state index contributed by atoms with van der Waals surface area (Å²) in [6.07, 6.45) is -4.54. The van der Waals surface area contributed by atoms with Crippen molar-refractivity contribution < 1.29 is 35.9 Å². The molecule has 1 aliphatic rings. The van der Waals surface area contributed by atoms with Crippen LogP contribution >= 0.6 is 0 Å².